The van der Waals surface area contributed by atoms with Gasteiger partial charge < -0.3 is 16.0 Å². The van der Waals surface area contributed by atoms with Gasteiger partial charge in [-0.3, -0.25) is 4.79 Å². The first-order chi connectivity index (χ1) is 10.6. The number of rotatable bonds is 4. The number of aromatic amines is 1. The van der Waals surface area contributed by atoms with Crippen molar-refractivity contribution in [1.29, 1.82) is 0 Å². The van der Waals surface area contributed by atoms with Crippen LogP contribution in [-0.2, 0) is 17.6 Å². The Kier molecular flexibility index (Phi) is 4.21. The normalized spacial score (nSPS) is 17.5. The number of aryl methyl sites for hydroxylation is 3. The maximum absolute atomic E-state index is 12.3. The van der Waals surface area contributed by atoms with Crippen LogP contribution in [0.2, 0.25) is 0 Å². The molecule has 1 amide bonds. The van der Waals surface area contributed by atoms with Crippen molar-refractivity contribution in [3.8, 4) is 0 Å². The van der Waals surface area contributed by atoms with Gasteiger partial charge in [-0.15, -0.1) is 0 Å². The van der Waals surface area contributed by atoms with Crippen molar-refractivity contribution >= 4 is 16.8 Å². The number of aromatic nitrogens is 1. The van der Waals surface area contributed by atoms with Crippen LogP contribution in [0, 0.1) is 19.8 Å². The zero-order valence-electron chi connectivity index (χ0n) is 13.5. The second kappa shape index (κ2) is 6.13. The van der Waals surface area contributed by atoms with Gasteiger partial charge in [0, 0.05) is 29.1 Å². The van der Waals surface area contributed by atoms with E-state index in [4.69, 9.17) is 5.73 Å². The largest absolute Gasteiger partial charge is 0.358 e. The number of benzene rings is 1. The highest BCUT2D eigenvalue weighted by atomic mass is 16.1. The van der Waals surface area contributed by atoms with Gasteiger partial charge in [0.25, 0.3) is 0 Å². The number of nitrogens with two attached hydrogens (primary N) is 1. The van der Waals surface area contributed by atoms with E-state index in [-0.39, 0.29) is 11.8 Å². The van der Waals surface area contributed by atoms with Gasteiger partial charge in [0.1, 0.15) is 0 Å². The minimum absolute atomic E-state index is 0.0888. The van der Waals surface area contributed by atoms with Crippen LogP contribution in [0.15, 0.2) is 12.1 Å². The molecule has 1 unspecified atom stereocenters. The first-order valence-electron chi connectivity index (χ1n) is 8.18. The minimum Gasteiger partial charge on any atom is -0.358 e. The standard InChI is InChI=1S/C18H25N3O/c1-11-8-14-15-10-13(18(22)20-7-3-6-19)4-5-16(15)21-17(14)9-12(11)2/h8-9,13,21H,3-7,10,19H2,1-2H3,(H,20,22). The number of carbonyl (C=O) groups excluding carboxylic acids is 1. The Hall–Kier alpha value is -1.81. The molecule has 2 aromatic rings. The van der Waals surface area contributed by atoms with Gasteiger partial charge in [-0.1, -0.05) is 0 Å². The Morgan fingerprint density at radius 3 is 2.91 bits per heavy atom. The minimum atomic E-state index is 0.0888. The molecule has 0 aliphatic heterocycles. The molecular formula is C18H25N3O. The zero-order valence-corrected chi connectivity index (χ0v) is 13.5. The lowest BCUT2D eigenvalue weighted by Crippen LogP contribution is -2.35. The first kappa shape index (κ1) is 15.1. The summed E-state index contributed by atoms with van der Waals surface area (Å²) in [5.74, 6) is 0.267. The molecule has 0 spiro atoms. The Labute approximate surface area is 131 Å². The maximum atomic E-state index is 12.3. The van der Waals surface area contributed by atoms with Crippen molar-refractivity contribution in [2.75, 3.05) is 13.1 Å². The van der Waals surface area contributed by atoms with Crippen LogP contribution in [0.1, 0.15) is 35.2 Å². The molecular weight excluding hydrogens is 274 g/mol. The molecule has 0 fully saturated rings. The fourth-order valence-corrected chi connectivity index (χ4v) is 3.37. The average Bonchev–Trinajstić information content (AvgIpc) is 2.84. The average molecular weight is 299 g/mol. The third-order valence-electron chi connectivity index (χ3n) is 4.85. The van der Waals surface area contributed by atoms with E-state index in [0.717, 1.165) is 25.7 Å². The highest BCUT2D eigenvalue weighted by Crippen LogP contribution is 2.33. The first-order valence-corrected chi connectivity index (χ1v) is 8.18. The lowest BCUT2D eigenvalue weighted by Gasteiger charge is -2.22. The molecule has 4 heteroatoms. The third kappa shape index (κ3) is 2.75. The SMILES string of the molecule is Cc1cc2[nH]c3c(c2cc1C)CC(C(=O)NCCCN)CC3. The monoisotopic (exact) mass is 299 g/mol. The molecule has 0 radical (unpaired) electrons. The summed E-state index contributed by atoms with van der Waals surface area (Å²) >= 11 is 0. The quantitative estimate of drug-likeness (QED) is 0.758. The van der Waals surface area contributed by atoms with E-state index in [0.29, 0.717) is 13.1 Å². The zero-order chi connectivity index (χ0) is 15.7. The predicted molar refractivity (Wildman–Crippen MR) is 90.0 cm³/mol. The van der Waals surface area contributed by atoms with Crippen LogP contribution >= 0.6 is 0 Å². The Morgan fingerprint density at radius 1 is 1.36 bits per heavy atom. The maximum Gasteiger partial charge on any atom is 0.223 e. The molecule has 1 aliphatic rings. The molecule has 4 nitrogen and oxygen atoms in total. The summed E-state index contributed by atoms with van der Waals surface area (Å²) in [6.45, 7) is 5.59. The van der Waals surface area contributed by atoms with E-state index >= 15 is 0 Å². The summed E-state index contributed by atoms with van der Waals surface area (Å²) in [7, 11) is 0. The van der Waals surface area contributed by atoms with E-state index in [1.165, 1.54) is 33.3 Å². The van der Waals surface area contributed by atoms with E-state index in [9.17, 15) is 4.79 Å². The molecule has 1 aromatic heterocycles. The van der Waals surface area contributed by atoms with E-state index in [1.54, 1.807) is 0 Å². The molecule has 22 heavy (non-hydrogen) atoms. The second-order valence-corrected chi connectivity index (χ2v) is 6.44. The summed E-state index contributed by atoms with van der Waals surface area (Å²) in [6, 6.07) is 4.48. The molecule has 0 bridgehead atoms. The van der Waals surface area contributed by atoms with Crippen molar-refractivity contribution in [3.05, 3.63) is 34.5 Å². The topological polar surface area (TPSA) is 70.9 Å². The highest BCUT2D eigenvalue weighted by Gasteiger charge is 2.27. The lowest BCUT2D eigenvalue weighted by molar-refractivity contribution is -0.125. The fraction of sp³-hybridized carbons (Fsp3) is 0.500. The van der Waals surface area contributed by atoms with Gasteiger partial charge in [0.05, 0.1) is 0 Å². The Balaban J connectivity index is 1.82. The Bertz CT molecular complexity index is 702. The summed E-state index contributed by atoms with van der Waals surface area (Å²) < 4.78 is 0. The number of H-pyrrole nitrogens is 1. The third-order valence-corrected chi connectivity index (χ3v) is 4.85. The van der Waals surface area contributed by atoms with Gasteiger partial charge in [-0.25, -0.2) is 0 Å². The van der Waals surface area contributed by atoms with Crippen molar-refractivity contribution in [2.24, 2.45) is 11.7 Å². The summed E-state index contributed by atoms with van der Waals surface area (Å²) in [5, 5.41) is 4.31. The number of fused-ring (bicyclic) bond motifs is 3. The molecule has 118 valence electrons. The van der Waals surface area contributed by atoms with E-state index in [1.807, 2.05) is 0 Å². The van der Waals surface area contributed by atoms with Gasteiger partial charge in [-0.05, 0) is 74.9 Å². The summed E-state index contributed by atoms with van der Waals surface area (Å²) in [4.78, 5) is 15.8. The van der Waals surface area contributed by atoms with Crippen LogP contribution < -0.4 is 11.1 Å². The number of hydrogen-bond donors (Lipinski definition) is 3. The van der Waals surface area contributed by atoms with Gasteiger partial charge in [0.15, 0.2) is 0 Å². The fourth-order valence-electron chi connectivity index (χ4n) is 3.37. The van der Waals surface area contributed by atoms with Gasteiger partial charge in [0.2, 0.25) is 5.91 Å². The molecule has 0 saturated heterocycles. The number of carbonyl (C=O) groups is 1. The van der Waals surface area contributed by atoms with Crippen molar-refractivity contribution < 1.29 is 4.79 Å². The molecule has 4 N–H and O–H groups in total. The van der Waals surface area contributed by atoms with Crippen molar-refractivity contribution in [1.82, 2.24) is 10.3 Å². The van der Waals surface area contributed by atoms with Crippen LogP contribution in [0.4, 0.5) is 0 Å². The van der Waals surface area contributed by atoms with Crippen LogP contribution in [0.3, 0.4) is 0 Å². The molecule has 0 saturated carbocycles. The molecule has 1 heterocycles. The predicted octanol–water partition coefficient (Wildman–Crippen LogP) is 2.35. The molecule has 1 aliphatic carbocycles. The lowest BCUT2D eigenvalue weighted by atomic mass is 9.85. The van der Waals surface area contributed by atoms with Crippen LogP contribution in [-0.4, -0.2) is 24.0 Å². The highest BCUT2D eigenvalue weighted by molar-refractivity contribution is 5.88. The number of nitrogens with one attached hydrogen (secondary N) is 2. The van der Waals surface area contributed by atoms with E-state index in [2.05, 4.69) is 36.3 Å². The second-order valence-electron chi connectivity index (χ2n) is 6.44. The number of hydrogen-bond acceptors (Lipinski definition) is 2. The smallest absolute Gasteiger partial charge is 0.223 e. The van der Waals surface area contributed by atoms with E-state index < -0.39 is 0 Å². The molecule has 3 rings (SSSR count). The summed E-state index contributed by atoms with van der Waals surface area (Å²) in [6.07, 6.45) is 3.56. The van der Waals surface area contributed by atoms with Crippen molar-refractivity contribution in [2.45, 2.75) is 39.5 Å². The van der Waals surface area contributed by atoms with Crippen LogP contribution in [0.25, 0.3) is 10.9 Å². The number of amides is 1. The summed E-state index contributed by atoms with van der Waals surface area (Å²) in [5.41, 5.74) is 11.9. The molecule has 1 aromatic carbocycles. The van der Waals surface area contributed by atoms with Crippen molar-refractivity contribution in [3.63, 3.8) is 0 Å². The van der Waals surface area contributed by atoms with Gasteiger partial charge in [-0.2, -0.15) is 0 Å². The Morgan fingerprint density at radius 2 is 2.14 bits per heavy atom. The van der Waals surface area contributed by atoms with Crippen LogP contribution in [0.5, 0.6) is 0 Å². The van der Waals surface area contributed by atoms with Gasteiger partial charge >= 0.3 is 0 Å². The molecule has 1 atom stereocenters.